The van der Waals surface area contributed by atoms with Crippen LogP contribution in [0.25, 0.3) is 0 Å². The monoisotopic (exact) mass is 317 g/mol. The Morgan fingerprint density at radius 1 is 1.21 bits per heavy atom. The van der Waals surface area contributed by atoms with E-state index >= 15 is 0 Å². The van der Waals surface area contributed by atoms with Gasteiger partial charge in [0.15, 0.2) is 0 Å². The van der Waals surface area contributed by atoms with Crippen LogP contribution in [0, 0.1) is 0 Å². The lowest BCUT2D eigenvalue weighted by Gasteiger charge is -2.29. The second kappa shape index (κ2) is 5.09. The molecule has 0 atom stereocenters. The highest BCUT2D eigenvalue weighted by Gasteiger charge is 2.24. The molecule has 1 aromatic heterocycles. The smallest absolute Gasteiger partial charge is 0.278 e. The third kappa shape index (κ3) is 2.38. The Bertz CT molecular complexity index is 612. The Hall–Kier alpha value is -1.75. The van der Waals surface area contributed by atoms with E-state index in [1.165, 1.54) is 11.8 Å². The minimum Gasteiger partial charge on any atom is -0.307 e. The number of anilines is 1. The number of nitrogens with zero attached hydrogens (tertiary/aromatic N) is 3. The van der Waals surface area contributed by atoms with Gasteiger partial charge in [0, 0.05) is 12.2 Å². The molecule has 96 valence electrons. The van der Waals surface area contributed by atoms with Gasteiger partial charge in [-0.3, -0.25) is 4.79 Å². The molecule has 0 spiro atoms. The number of aryl methyl sites for hydroxylation is 1. The minimum atomic E-state index is -0.0906. The molecule has 0 radical (unpaired) electrons. The average molecular weight is 318 g/mol. The van der Waals surface area contributed by atoms with Gasteiger partial charge in [-0.1, -0.05) is 18.2 Å². The second-order valence-electron chi connectivity index (χ2n) is 4.41. The Labute approximate surface area is 119 Å². The maximum absolute atomic E-state index is 12.5. The molecule has 1 aliphatic rings. The highest BCUT2D eigenvalue weighted by Crippen LogP contribution is 2.27. The van der Waals surface area contributed by atoms with Gasteiger partial charge in [0.1, 0.15) is 10.3 Å². The SMILES string of the molecule is O=C(c1cnc(Br)cn1)N1CCCc2ccccc21. The molecule has 1 aromatic carbocycles. The van der Waals surface area contributed by atoms with Gasteiger partial charge >= 0.3 is 0 Å². The number of para-hydroxylation sites is 1. The van der Waals surface area contributed by atoms with E-state index in [1.807, 2.05) is 18.2 Å². The largest absolute Gasteiger partial charge is 0.307 e. The van der Waals surface area contributed by atoms with E-state index in [9.17, 15) is 4.79 Å². The van der Waals surface area contributed by atoms with Crippen LogP contribution in [0.4, 0.5) is 5.69 Å². The van der Waals surface area contributed by atoms with Gasteiger partial charge in [0.05, 0.1) is 12.4 Å². The summed E-state index contributed by atoms with van der Waals surface area (Å²) < 4.78 is 0.628. The fraction of sp³-hybridized carbons (Fsp3) is 0.214. The molecular formula is C14H12BrN3O. The van der Waals surface area contributed by atoms with Crippen molar-refractivity contribution in [2.24, 2.45) is 0 Å². The predicted octanol–water partition coefficient (Wildman–Crippen LogP) is 2.83. The molecule has 2 heterocycles. The van der Waals surface area contributed by atoms with E-state index in [4.69, 9.17) is 0 Å². The van der Waals surface area contributed by atoms with E-state index in [-0.39, 0.29) is 5.91 Å². The number of hydrogen-bond donors (Lipinski definition) is 0. The van der Waals surface area contributed by atoms with Crippen molar-refractivity contribution in [3.05, 3.63) is 52.5 Å². The topological polar surface area (TPSA) is 46.1 Å². The van der Waals surface area contributed by atoms with Crippen molar-refractivity contribution >= 4 is 27.5 Å². The average Bonchev–Trinajstić information content (AvgIpc) is 2.47. The van der Waals surface area contributed by atoms with Crippen molar-refractivity contribution in [1.29, 1.82) is 0 Å². The number of carbonyl (C=O) groups is 1. The zero-order valence-electron chi connectivity index (χ0n) is 10.2. The standard InChI is InChI=1S/C14H12BrN3O/c15-13-9-16-11(8-17-13)14(19)18-7-3-5-10-4-1-2-6-12(10)18/h1-2,4,6,8-9H,3,5,7H2. The Kier molecular flexibility index (Phi) is 3.29. The molecule has 3 rings (SSSR count). The van der Waals surface area contributed by atoms with Crippen molar-refractivity contribution in [1.82, 2.24) is 9.97 Å². The first-order valence-corrected chi connectivity index (χ1v) is 6.92. The Morgan fingerprint density at radius 3 is 2.84 bits per heavy atom. The van der Waals surface area contributed by atoms with Crippen LogP contribution in [0.3, 0.4) is 0 Å². The van der Waals surface area contributed by atoms with E-state index in [1.54, 1.807) is 11.1 Å². The van der Waals surface area contributed by atoms with Crippen LogP contribution < -0.4 is 4.90 Å². The van der Waals surface area contributed by atoms with Gasteiger partial charge in [0.25, 0.3) is 5.91 Å². The first-order chi connectivity index (χ1) is 9.25. The van der Waals surface area contributed by atoms with Crippen LogP contribution in [0.1, 0.15) is 22.5 Å². The van der Waals surface area contributed by atoms with Gasteiger partial charge in [-0.05, 0) is 40.4 Å². The van der Waals surface area contributed by atoms with Crippen molar-refractivity contribution in [2.45, 2.75) is 12.8 Å². The molecule has 0 N–H and O–H groups in total. The summed E-state index contributed by atoms with van der Waals surface area (Å²) in [5, 5.41) is 0. The zero-order valence-corrected chi connectivity index (χ0v) is 11.8. The van der Waals surface area contributed by atoms with Crippen LogP contribution in [0.15, 0.2) is 41.3 Å². The van der Waals surface area contributed by atoms with Crippen molar-refractivity contribution in [3.8, 4) is 0 Å². The van der Waals surface area contributed by atoms with Crippen LogP contribution in [-0.2, 0) is 6.42 Å². The first-order valence-electron chi connectivity index (χ1n) is 6.13. The third-order valence-electron chi connectivity index (χ3n) is 3.19. The molecule has 5 heteroatoms. The maximum atomic E-state index is 12.5. The fourth-order valence-corrected chi connectivity index (χ4v) is 2.51. The molecule has 0 bridgehead atoms. The van der Waals surface area contributed by atoms with E-state index < -0.39 is 0 Å². The quantitative estimate of drug-likeness (QED) is 0.812. The first kappa shape index (κ1) is 12.3. The van der Waals surface area contributed by atoms with E-state index in [0.29, 0.717) is 10.3 Å². The molecule has 1 aliphatic heterocycles. The predicted molar refractivity (Wildman–Crippen MR) is 76.2 cm³/mol. The molecule has 0 unspecified atom stereocenters. The number of benzene rings is 1. The fourth-order valence-electron chi connectivity index (χ4n) is 2.31. The number of aromatic nitrogens is 2. The van der Waals surface area contributed by atoms with Gasteiger partial charge in [-0.15, -0.1) is 0 Å². The van der Waals surface area contributed by atoms with Gasteiger partial charge in [-0.2, -0.15) is 0 Å². The molecule has 1 amide bonds. The normalized spacial score (nSPS) is 14.1. The van der Waals surface area contributed by atoms with Gasteiger partial charge in [0.2, 0.25) is 0 Å². The molecular weight excluding hydrogens is 306 g/mol. The summed E-state index contributed by atoms with van der Waals surface area (Å²) in [6.07, 6.45) is 5.05. The van der Waals surface area contributed by atoms with Crippen LogP contribution in [-0.4, -0.2) is 22.4 Å². The Balaban J connectivity index is 1.95. The number of carbonyl (C=O) groups excluding carboxylic acids is 1. The zero-order chi connectivity index (χ0) is 13.2. The van der Waals surface area contributed by atoms with E-state index in [0.717, 1.165) is 25.1 Å². The molecule has 19 heavy (non-hydrogen) atoms. The number of amides is 1. The molecule has 0 saturated heterocycles. The number of halogens is 1. The Morgan fingerprint density at radius 2 is 2.05 bits per heavy atom. The highest BCUT2D eigenvalue weighted by molar-refractivity contribution is 9.10. The number of rotatable bonds is 1. The molecule has 0 aliphatic carbocycles. The summed E-state index contributed by atoms with van der Waals surface area (Å²) in [6.45, 7) is 0.730. The van der Waals surface area contributed by atoms with Crippen LogP contribution in [0.5, 0.6) is 0 Å². The maximum Gasteiger partial charge on any atom is 0.278 e. The van der Waals surface area contributed by atoms with Crippen LogP contribution >= 0.6 is 15.9 Å². The summed E-state index contributed by atoms with van der Waals surface area (Å²) in [5.41, 5.74) is 2.58. The molecule has 2 aromatic rings. The number of fused-ring (bicyclic) bond motifs is 1. The van der Waals surface area contributed by atoms with Gasteiger partial charge in [-0.25, -0.2) is 9.97 Å². The lowest BCUT2D eigenvalue weighted by molar-refractivity contribution is 0.0980. The van der Waals surface area contributed by atoms with Crippen LogP contribution in [0.2, 0.25) is 0 Å². The van der Waals surface area contributed by atoms with Crippen molar-refractivity contribution < 1.29 is 4.79 Å². The van der Waals surface area contributed by atoms with Gasteiger partial charge < -0.3 is 4.90 Å². The summed E-state index contributed by atoms with van der Waals surface area (Å²) >= 11 is 3.22. The summed E-state index contributed by atoms with van der Waals surface area (Å²) in [4.78, 5) is 22.5. The molecule has 4 nitrogen and oxygen atoms in total. The molecule has 0 saturated carbocycles. The molecule has 0 fully saturated rings. The number of hydrogen-bond acceptors (Lipinski definition) is 3. The third-order valence-corrected chi connectivity index (χ3v) is 3.60. The lowest BCUT2D eigenvalue weighted by atomic mass is 10.0. The lowest BCUT2D eigenvalue weighted by Crippen LogP contribution is -2.36. The minimum absolute atomic E-state index is 0.0906. The van der Waals surface area contributed by atoms with E-state index in [2.05, 4.69) is 32.0 Å². The summed E-state index contributed by atoms with van der Waals surface area (Å²) in [7, 11) is 0. The second-order valence-corrected chi connectivity index (χ2v) is 5.23. The van der Waals surface area contributed by atoms with Crippen molar-refractivity contribution in [2.75, 3.05) is 11.4 Å². The summed E-state index contributed by atoms with van der Waals surface area (Å²) in [5.74, 6) is -0.0906. The highest BCUT2D eigenvalue weighted by atomic mass is 79.9. The van der Waals surface area contributed by atoms with Crippen molar-refractivity contribution in [3.63, 3.8) is 0 Å². The summed E-state index contributed by atoms with van der Waals surface area (Å²) in [6, 6.07) is 8.02.